The van der Waals surface area contributed by atoms with E-state index in [4.69, 9.17) is 5.73 Å². The topological polar surface area (TPSA) is 83.8 Å². The Morgan fingerprint density at radius 1 is 1.50 bits per heavy atom. The molecule has 0 bridgehead atoms. The van der Waals surface area contributed by atoms with E-state index in [2.05, 4.69) is 22.2 Å². The van der Waals surface area contributed by atoms with Crippen LogP contribution in [0.2, 0.25) is 0 Å². The third kappa shape index (κ3) is 2.76. The molecule has 1 aromatic heterocycles. The number of hydrogen-bond donors (Lipinski definition) is 3. The number of nitrogen functional groups attached to an aromatic ring is 1. The van der Waals surface area contributed by atoms with Gasteiger partial charge in [-0.25, -0.2) is 4.98 Å². The summed E-state index contributed by atoms with van der Waals surface area (Å²) in [6.07, 6.45) is 4.85. The fraction of sp³-hybridized carbons (Fsp3) is 0.467. The molecule has 0 aliphatic heterocycles. The Balaban J connectivity index is 1.87. The molecule has 2 aromatic rings. The lowest BCUT2D eigenvalue weighted by atomic mass is 10.1. The second kappa shape index (κ2) is 5.15. The van der Waals surface area contributed by atoms with Gasteiger partial charge in [0.1, 0.15) is 0 Å². The van der Waals surface area contributed by atoms with Gasteiger partial charge in [-0.15, -0.1) is 0 Å². The highest BCUT2D eigenvalue weighted by Crippen LogP contribution is 2.34. The van der Waals surface area contributed by atoms with Gasteiger partial charge in [0.15, 0.2) is 0 Å². The van der Waals surface area contributed by atoms with Crippen molar-refractivity contribution in [1.82, 2.24) is 9.97 Å². The van der Waals surface area contributed by atoms with Crippen molar-refractivity contribution in [3.63, 3.8) is 0 Å². The molecule has 106 valence electrons. The third-order valence-corrected chi connectivity index (χ3v) is 3.88. The van der Waals surface area contributed by atoms with Crippen molar-refractivity contribution < 1.29 is 0 Å². The Kier molecular flexibility index (Phi) is 3.34. The second-order valence-corrected chi connectivity index (χ2v) is 5.62. The molecular weight excluding hydrogens is 252 g/mol. The van der Waals surface area contributed by atoms with E-state index in [1.54, 1.807) is 18.2 Å². The van der Waals surface area contributed by atoms with Gasteiger partial charge in [-0.05, 0) is 37.0 Å². The molecule has 1 aliphatic rings. The summed E-state index contributed by atoms with van der Waals surface area (Å²) in [7, 11) is 0. The maximum Gasteiger partial charge on any atom is 0.260 e. The van der Waals surface area contributed by atoms with Crippen molar-refractivity contribution in [3.8, 4) is 0 Å². The maximum absolute atomic E-state index is 12.1. The minimum absolute atomic E-state index is 0.147. The van der Waals surface area contributed by atoms with Crippen LogP contribution in [0.1, 0.15) is 32.6 Å². The molecule has 1 heterocycles. The molecule has 1 saturated carbocycles. The fourth-order valence-electron chi connectivity index (χ4n) is 2.50. The normalized spacial score (nSPS) is 16.2. The SMILES string of the molecule is CCC(CC1CC1)Nc1nc2ccc(N)cc2c(=O)[nH]1. The second-order valence-electron chi connectivity index (χ2n) is 5.62. The number of rotatable bonds is 5. The highest BCUT2D eigenvalue weighted by Gasteiger charge is 2.25. The lowest BCUT2D eigenvalue weighted by Gasteiger charge is -2.17. The molecule has 5 nitrogen and oxygen atoms in total. The van der Waals surface area contributed by atoms with Gasteiger partial charge in [-0.2, -0.15) is 0 Å². The predicted molar refractivity (Wildman–Crippen MR) is 81.8 cm³/mol. The zero-order valence-corrected chi connectivity index (χ0v) is 11.6. The van der Waals surface area contributed by atoms with Gasteiger partial charge >= 0.3 is 0 Å². The monoisotopic (exact) mass is 272 g/mol. The van der Waals surface area contributed by atoms with Crippen LogP contribution < -0.4 is 16.6 Å². The van der Waals surface area contributed by atoms with Crippen LogP contribution in [0.5, 0.6) is 0 Å². The minimum Gasteiger partial charge on any atom is -0.399 e. The van der Waals surface area contributed by atoms with E-state index in [-0.39, 0.29) is 5.56 Å². The average Bonchev–Trinajstić information content (AvgIpc) is 3.23. The van der Waals surface area contributed by atoms with Gasteiger partial charge in [0.2, 0.25) is 5.95 Å². The number of hydrogen-bond acceptors (Lipinski definition) is 4. The van der Waals surface area contributed by atoms with Crippen molar-refractivity contribution in [1.29, 1.82) is 0 Å². The van der Waals surface area contributed by atoms with Crippen LogP contribution in [0.4, 0.5) is 11.6 Å². The average molecular weight is 272 g/mol. The molecule has 1 unspecified atom stereocenters. The molecule has 1 aromatic carbocycles. The van der Waals surface area contributed by atoms with Crippen LogP contribution >= 0.6 is 0 Å². The van der Waals surface area contributed by atoms with E-state index in [0.717, 1.165) is 18.8 Å². The maximum atomic E-state index is 12.1. The largest absolute Gasteiger partial charge is 0.399 e. The standard InChI is InChI=1S/C15H20N4O/c1-2-11(7-9-3-4-9)17-15-18-13-6-5-10(16)8-12(13)14(20)19-15/h5-6,8-9,11H,2-4,7,16H2,1H3,(H2,17,18,19,20). The van der Waals surface area contributed by atoms with E-state index >= 15 is 0 Å². The van der Waals surface area contributed by atoms with Gasteiger partial charge < -0.3 is 11.1 Å². The smallest absolute Gasteiger partial charge is 0.260 e. The third-order valence-electron chi connectivity index (χ3n) is 3.88. The first-order valence-corrected chi connectivity index (χ1v) is 7.22. The minimum atomic E-state index is -0.147. The van der Waals surface area contributed by atoms with Crippen molar-refractivity contribution in [3.05, 3.63) is 28.6 Å². The molecule has 3 rings (SSSR count). The van der Waals surface area contributed by atoms with Gasteiger partial charge in [0.05, 0.1) is 10.9 Å². The summed E-state index contributed by atoms with van der Waals surface area (Å²) in [6.45, 7) is 2.15. The van der Waals surface area contributed by atoms with E-state index in [1.165, 1.54) is 12.8 Å². The van der Waals surface area contributed by atoms with Crippen LogP contribution in [-0.4, -0.2) is 16.0 Å². The van der Waals surface area contributed by atoms with E-state index in [1.807, 2.05) is 0 Å². The number of aromatic amines is 1. The first kappa shape index (κ1) is 13.0. The van der Waals surface area contributed by atoms with Crippen LogP contribution in [0, 0.1) is 5.92 Å². The van der Waals surface area contributed by atoms with Crippen molar-refractivity contribution >= 4 is 22.5 Å². The molecule has 5 heteroatoms. The molecule has 0 amide bonds. The molecule has 1 atom stereocenters. The molecule has 20 heavy (non-hydrogen) atoms. The highest BCUT2D eigenvalue weighted by molar-refractivity contribution is 5.81. The van der Waals surface area contributed by atoms with Gasteiger partial charge in [-0.1, -0.05) is 19.8 Å². The summed E-state index contributed by atoms with van der Waals surface area (Å²) in [5.74, 6) is 1.40. The summed E-state index contributed by atoms with van der Waals surface area (Å²) in [4.78, 5) is 19.3. The van der Waals surface area contributed by atoms with Crippen LogP contribution in [0.3, 0.4) is 0 Å². The lowest BCUT2D eigenvalue weighted by Crippen LogP contribution is -2.23. The summed E-state index contributed by atoms with van der Waals surface area (Å²) in [6, 6.07) is 5.58. The number of benzene rings is 1. The Morgan fingerprint density at radius 2 is 2.30 bits per heavy atom. The summed E-state index contributed by atoms with van der Waals surface area (Å²) in [5, 5.41) is 3.88. The first-order chi connectivity index (χ1) is 9.65. The molecule has 1 fully saturated rings. The zero-order chi connectivity index (χ0) is 14.1. The molecular formula is C15H20N4O. The molecule has 0 spiro atoms. The van der Waals surface area contributed by atoms with Gasteiger partial charge in [0.25, 0.3) is 5.56 Å². The number of H-pyrrole nitrogens is 1. The van der Waals surface area contributed by atoms with Crippen molar-refractivity contribution in [2.75, 3.05) is 11.1 Å². The quantitative estimate of drug-likeness (QED) is 0.730. The predicted octanol–water partition coefficient (Wildman–Crippen LogP) is 2.50. The van der Waals surface area contributed by atoms with Gasteiger partial charge in [-0.3, -0.25) is 9.78 Å². The molecule has 0 radical (unpaired) electrons. The van der Waals surface area contributed by atoms with E-state index < -0.39 is 0 Å². The first-order valence-electron chi connectivity index (χ1n) is 7.22. The number of nitrogens with two attached hydrogens (primary N) is 1. The number of fused-ring (bicyclic) bond motifs is 1. The fourth-order valence-corrected chi connectivity index (χ4v) is 2.50. The number of anilines is 2. The summed E-state index contributed by atoms with van der Waals surface area (Å²) < 4.78 is 0. The Morgan fingerprint density at radius 3 is 3.00 bits per heavy atom. The Bertz CT molecular complexity index is 675. The van der Waals surface area contributed by atoms with Crippen molar-refractivity contribution in [2.24, 2.45) is 5.92 Å². The van der Waals surface area contributed by atoms with E-state index in [9.17, 15) is 4.79 Å². The Labute approximate surface area is 117 Å². The number of nitrogens with zero attached hydrogens (tertiary/aromatic N) is 1. The zero-order valence-electron chi connectivity index (χ0n) is 11.6. The van der Waals surface area contributed by atoms with Crippen molar-refractivity contribution in [2.45, 2.75) is 38.6 Å². The number of nitrogens with one attached hydrogen (secondary N) is 2. The van der Waals surface area contributed by atoms with Gasteiger partial charge in [0, 0.05) is 11.7 Å². The van der Waals surface area contributed by atoms with E-state index in [0.29, 0.717) is 28.6 Å². The molecule has 1 aliphatic carbocycles. The summed E-state index contributed by atoms with van der Waals surface area (Å²) >= 11 is 0. The highest BCUT2D eigenvalue weighted by atomic mass is 16.1. The molecule has 0 saturated heterocycles. The van der Waals surface area contributed by atoms with Crippen LogP contribution in [-0.2, 0) is 0 Å². The summed E-state index contributed by atoms with van der Waals surface area (Å²) in [5.41, 5.74) is 6.80. The van der Waals surface area contributed by atoms with Crippen LogP contribution in [0.15, 0.2) is 23.0 Å². The Hall–Kier alpha value is -2.04. The number of aromatic nitrogens is 2. The van der Waals surface area contributed by atoms with Crippen LogP contribution in [0.25, 0.3) is 10.9 Å². The lowest BCUT2D eigenvalue weighted by molar-refractivity contribution is 0.583. The molecule has 4 N–H and O–H groups in total.